The number of aliphatic hydroxyl groups excluding tert-OH is 1. The van der Waals surface area contributed by atoms with E-state index in [2.05, 4.69) is 61.8 Å². The number of likely N-dealkylation sites (tertiary alicyclic amines) is 1. The van der Waals surface area contributed by atoms with Gasteiger partial charge in [0.15, 0.2) is 0 Å². The van der Waals surface area contributed by atoms with Crippen LogP contribution in [-0.2, 0) is 31.0 Å². The number of nitriles is 1. The van der Waals surface area contributed by atoms with Gasteiger partial charge in [-0.3, -0.25) is 4.79 Å². The minimum absolute atomic E-state index is 0.0163. The van der Waals surface area contributed by atoms with Crippen LogP contribution in [-0.4, -0.2) is 150 Å². The summed E-state index contributed by atoms with van der Waals surface area (Å²) in [4.78, 5) is 39.4. The molecule has 448 valence electrons. The number of nitrogens with zero attached hydrogens (tertiary/aromatic N) is 5. The Balaban J connectivity index is 0.000000136. The molecule has 4 aliphatic heterocycles. The number of rotatable bonds is 8. The first-order valence-electron chi connectivity index (χ1n) is 27.6. The minimum atomic E-state index is -4.38. The van der Waals surface area contributed by atoms with Crippen LogP contribution in [0.1, 0.15) is 78.3 Å². The number of amides is 3. The van der Waals surface area contributed by atoms with Crippen molar-refractivity contribution in [1.82, 2.24) is 43.7 Å². The fourth-order valence-corrected chi connectivity index (χ4v) is 12.8. The van der Waals surface area contributed by atoms with Crippen molar-refractivity contribution < 1.29 is 49.1 Å². The zero-order valence-electron chi connectivity index (χ0n) is 47.0. The number of H-pyrrole nitrogens is 4. The number of alkyl halides is 3. The molecule has 24 heteroatoms. The normalized spacial score (nSPS) is 16.5. The summed E-state index contributed by atoms with van der Waals surface area (Å²) in [5.41, 5.74) is 10.8. The summed E-state index contributed by atoms with van der Waals surface area (Å²) in [6.45, 7) is 6.29. The monoisotopic (exact) mass is 1220 g/mol. The zero-order valence-corrected chi connectivity index (χ0v) is 49.4. The van der Waals surface area contributed by atoms with E-state index < -0.39 is 37.6 Å². The van der Waals surface area contributed by atoms with Gasteiger partial charge in [-0.25, -0.2) is 26.0 Å². The minimum Gasteiger partial charge on any atom is -0.395 e. The number of benzene rings is 4. The van der Waals surface area contributed by atoms with Crippen LogP contribution < -0.4 is 5.32 Å². The molecule has 1 saturated heterocycles. The lowest BCUT2D eigenvalue weighted by Gasteiger charge is -2.32. The number of hydrogen-bond donors (Lipinski definition) is 6. The maximum absolute atomic E-state index is 13.6. The average molecular weight is 1230 g/mol. The van der Waals surface area contributed by atoms with E-state index in [4.69, 9.17) is 22.0 Å². The fourth-order valence-electron chi connectivity index (χ4n) is 11.1. The predicted molar refractivity (Wildman–Crippen MR) is 325 cm³/mol. The van der Waals surface area contributed by atoms with Crippen LogP contribution >= 0.6 is 11.6 Å². The molecule has 4 aromatic carbocycles. The van der Waals surface area contributed by atoms with Gasteiger partial charge in [-0.2, -0.15) is 27.0 Å². The van der Waals surface area contributed by atoms with Gasteiger partial charge in [0.2, 0.25) is 26.0 Å². The number of hydrogen-bond acceptors (Lipinski definition) is 8. The largest absolute Gasteiger partial charge is 0.416 e. The predicted octanol–water partition coefficient (Wildman–Crippen LogP) is 11.0. The van der Waals surface area contributed by atoms with Crippen molar-refractivity contribution in [2.45, 2.75) is 51.1 Å². The van der Waals surface area contributed by atoms with Gasteiger partial charge in [-0.15, -0.1) is 0 Å². The van der Waals surface area contributed by atoms with Crippen LogP contribution in [0.2, 0.25) is 5.02 Å². The summed E-state index contributed by atoms with van der Waals surface area (Å²) in [6.07, 6.45) is 15.3. The van der Waals surface area contributed by atoms with E-state index in [1.165, 1.54) is 49.0 Å². The van der Waals surface area contributed by atoms with E-state index in [1.54, 1.807) is 19.2 Å². The summed E-state index contributed by atoms with van der Waals surface area (Å²) < 4.78 is 101. The Bertz CT molecular complexity index is 4150. The van der Waals surface area contributed by atoms with Crippen LogP contribution in [0.15, 0.2) is 116 Å². The van der Waals surface area contributed by atoms with Gasteiger partial charge < -0.3 is 40.2 Å². The summed E-state index contributed by atoms with van der Waals surface area (Å²) in [7, 11) is -6.40. The number of piperidine rings is 1. The third-order valence-electron chi connectivity index (χ3n) is 15.7. The number of sulfonamides is 2. The molecular weight excluding hydrogens is 1160 g/mol. The first-order valence-corrected chi connectivity index (χ1v) is 31.7. The number of fused-ring (bicyclic) bond motifs is 4. The molecule has 4 aliphatic rings. The lowest BCUT2D eigenvalue weighted by atomic mass is 9.89. The molecule has 0 radical (unpaired) electrons. The van der Waals surface area contributed by atoms with E-state index in [0.29, 0.717) is 67.9 Å². The average Bonchev–Trinajstić information content (AvgIpc) is 4.50. The van der Waals surface area contributed by atoms with Crippen LogP contribution in [0.25, 0.3) is 60.3 Å². The van der Waals surface area contributed by atoms with Gasteiger partial charge in [-0.05, 0) is 109 Å². The smallest absolute Gasteiger partial charge is 0.395 e. The van der Waals surface area contributed by atoms with Gasteiger partial charge >= 0.3 is 12.2 Å². The Morgan fingerprint density at radius 2 is 1.21 bits per heavy atom. The highest BCUT2D eigenvalue weighted by molar-refractivity contribution is 7.88. The maximum Gasteiger partial charge on any atom is 0.416 e. The summed E-state index contributed by atoms with van der Waals surface area (Å²) in [5.74, 6) is 0.160. The van der Waals surface area contributed by atoms with Crippen molar-refractivity contribution >= 4 is 104 Å². The molecule has 4 aromatic heterocycles. The Labute approximate surface area is 494 Å². The molecule has 0 spiro atoms. The molecular formula is C61H65ClF4N10O7S2. The van der Waals surface area contributed by atoms with E-state index in [9.17, 15) is 44.0 Å². The Hall–Kier alpha value is -7.72. The third kappa shape index (κ3) is 14.7. The SMILES string of the molecule is CC(=O)N1CC=C(c2c[nH]c3ccc(C#N)cc23)CC1.CS(=O)(=O)N1CC=C(c2c[nH]c3cc(C(F)(F)F)ccc23)CC1.CS(=O)(=O)N1CC=C(c2c[nH]c3cc(Cl)c(F)cc23)CC1.O=C(NCCO)N1CCC(c2c[nH]c3ccccc23)CC1. The number of para-hydroxylation sites is 1. The highest BCUT2D eigenvalue weighted by Crippen LogP contribution is 2.37. The molecule has 85 heavy (non-hydrogen) atoms. The topological polar surface area (TPSA) is 235 Å². The number of urea groups is 1. The second-order valence-corrected chi connectivity index (χ2v) is 25.6. The van der Waals surface area contributed by atoms with Gasteiger partial charge in [-0.1, -0.05) is 54.1 Å². The van der Waals surface area contributed by atoms with Crippen molar-refractivity contribution in [3.8, 4) is 6.07 Å². The summed E-state index contributed by atoms with van der Waals surface area (Å²) >= 11 is 5.77. The first-order chi connectivity index (χ1) is 40.5. The number of carbonyl (C=O) groups excluding carboxylic acids is 2. The molecule has 0 saturated carbocycles. The van der Waals surface area contributed by atoms with Gasteiger partial charge in [0.1, 0.15) is 5.82 Å². The van der Waals surface area contributed by atoms with Crippen LogP contribution in [0.3, 0.4) is 0 Å². The zero-order chi connectivity index (χ0) is 60.8. The molecule has 6 N–H and O–H groups in total. The van der Waals surface area contributed by atoms with Crippen LogP contribution in [0, 0.1) is 17.1 Å². The van der Waals surface area contributed by atoms with Gasteiger partial charge in [0, 0.05) is 151 Å². The third-order valence-corrected chi connectivity index (χ3v) is 18.6. The molecule has 1 fully saturated rings. The lowest BCUT2D eigenvalue weighted by molar-refractivity contribution is -0.137. The molecule has 3 amide bonds. The van der Waals surface area contributed by atoms with Crippen molar-refractivity contribution in [1.29, 1.82) is 5.26 Å². The fraction of sp³-hybridized carbons (Fsp3) is 0.328. The maximum atomic E-state index is 13.6. The van der Waals surface area contributed by atoms with Crippen molar-refractivity contribution in [2.75, 3.05) is 78.0 Å². The van der Waals surface area contributed by atoms with Crippen LogP contribution in [0.4, 0.5) is 22.4 Å². The standard InChI is InChI=1S/C16H21N3O2.C16H15N3O.C15H15F3N2O2S.C14H14ClFN2O2S/c20-10-7-17-16(21)19-8-5-12(6-9-19)14-11-18-15-4-2-1-3-13(14)15;1-11(20)19-6-4-13(5-7-19)15-10-18-16-3-2-12(9-17)8-14(15)16;1-23(21,22)20-6-4-10(5-7-20)13-9-19-14-8-11(15(16,17)18)2-3-12(13)14;1-21(19,20)18-4-2-9(3-5-18)11-8-17-14-7-12(15)13(16)6-10(11)14/h1-4,11-12,18,20H,5-10H2,(H,17,21);2-4,8,10,18H,5-7H2,1H3;2-4,8-9,19H,5-7H2,1H3;2,6-8,17H,3-5H2,1H3. The number of aliphatic hydroxyl groups is 1. The molecule has 0 atom stereocenters. The number of carbonyl (C=O) groups is 2. The number of halogens is 5. The molecule has 12 rings (SSSR count). The summed E-state index contributed by atoms with van der Waals surface area (Å²) in [6, 6.07) is 22.7. The summed E-state index contributed by atoms with van der Waals surface area (Å²) in [5, 5.41) is 24.4. The van der Waals surface area contributed by atoms with Gasteiger partial charge in [0.25, 0.3) is 0 Å². The van der Waals surface area contributed by atoms with Crippen molar-refractivity contribution in [2.24, 2.45) is 0 Å². The van der Waals surface area contributed by atoms with Gasteiger partial charge in [0.05, 0.1) is 41.3 Å². The molecule has 17 nitrogen and oxygen atoms in total. The second-order valence-electron chi connectivity index (χ2n) is 21.2. The quantitative estimate of drug-likeness (QED) is 0.0799. The van der Waals surface area contributed by atoms with E-state index >= 15 is 0 Å². The highest BCUT2D eigenvalue weighted by Gasteiger charge is 2.32. The molecule has 8 heterocycles. The number of nitrogens with one attached hydrogen (secondary N) is 5. The van der Waals surface area contributed by atoms with E-state index in [-0.39, 0.29) is 30.1 Å². The second kappa shape index (κ2) is 26.3. The molecule has 0 unspecified atom stereocenters. The highest BCUT2D eigenvalue weighted by atomic mass is 35.5. The molecule has 0 aliphatic carbocycles. The number of aromatic amines is 4. The lowest BCUT2D eigenvalue weighted by Crippen LogP contribution is -2.44. The molecule has 8 aromatic rings. The van der Waals surface area contributed by atoms with E-state index in [0.717, 1.165) is 107 Å². The van der Waals surface area contributed by atoms with Crippen LogP contribution in [0.5, 0.6) is 0 Å². The first kappa shape index (κ1) is 61.8. The Morgan fingerprint density at radius 1 is 0.671 bits per heavy atom. The van der Waals surface area contributed by atoms with Crippen molar-refractivity contribution in [3.63, 3.8) is 0 Å². The Morgan fingerprint density at radius 3 is 1.75 bits per heavy atom. The number of aromatic nitrogens is 4. The van der Waals surface area contributed by atoms with E-state index in [1.807, 2.05) is 58.6 Å². The Kier molecular flexibility index (Phi) is 19.1. The van der Waals surface area contributed by atoms with Crippen molar-refractivity contribution in [3.05, 3.63) is 160 Å². The molecule has 0 bridgehead atoms.